The third-order valence-corrected chi connectivity index (χ3v) is 8.32. The van der Waals surface area contributed by atoms with Crippen molar-refractivity contribution in [1.29, 1.82) is 0 Å². The van der Waals surface area contributed by atoms with Gasteiger partial charge in [0.2, 0.25) is 0 Å². The summed E-state index contributed by atoms with van der Waals surface area (Å²) in [6.45, 7) is 4.53. The van der Waals surface area contributed by atoms with E-state index in [1.165, 1.54) is 27.9 Å². The summed E-state index contributed by atoms with van der Waals surface area (Å²) in [5.41, 5.74) is 8.68. The molecule has 6 rings (SSSR count). The second-order valence-corrected chi connectivity index (χ2v) is 10.9. The molecule has 4 aromatic rings. The predicted molar refractivity (Wildman–Crippen MR) is 159 cm³/mol. The maximum Gasteiger partial charge on any atom is 0.172 e. The minimum atomic E-state index is 0.110. The molecule has 2 atom stereocenters. The number of anilines is 1. The van der Waals surface area contributed by atoms with Gasteiger partial charge >= 0.3 is 0 Å². The number of hydrogen-bond donors (Lipinski definition) is 1. The van der Waals surface area contributed by atoms with Crippen molar-refractivity contribution in [2.24, 2.45) is 4.99 Å². The van der Waals surface area contributed by atoms with Crippen LogP contribution in [0.3, 0.4) is 0 Å². The van der Waals surface area contributed by atoms with E-state index < -0.39 is 0 Å². The van der Waals surface area contributed by atoms with Gasteiger partial charge < -0.3 is 14.7 Å². The van der Waals surface area contributed by atoms with Gasteiger partial charge in [-0.05, 0) is 87.8 Å². The number of aliphatic imine (C=N–C) groups is 1. The summed E-state index contributed by atoms with van der Waals surface area (Å²) < 4.78 is 6.21. The third-order valence-electron chi connectivity index (χ3n) is 7.71. The monoisotopic (exact) mass is 566 g/mol. The van der Waals surface area contributed by atoms with Crippen LogP contribution in [0.2, 0.25) is 0 Å². The lowest BCUT2D eigenvalue weighted by Gasteiger charge is -2.43. The Labute approximate surface area is 232 Å². The van der Waals surface area contributed by atoms with E-state index in [2.05, 4.69) is 93.6 Å². The van der Waals surface area contributed by atoms with Gasteiger partial charge in [0.05, 0.1) is 16.8 Å². The maximum absolute atomic E-state index is 10.3. The van der Waals surface area contributed by atoms with Crippen molar-refractivity contribution in [3.05, 3.63) is 117 Å². The van der Waals surface area contributed by atoms with Gasteiger partial charge in [-0.25, -0.2) is 0 Å². The molecule has 0 fully saturated rings. The van der Waals surface area contributed by atoms with Crippen LogP contribution in [0.1, 0.15) is 59.4 Å². The Balaban J connectivity index is 1.47. The van der Waals surface area contributed by atoms with Crippen molar-refractivity contribution in [2.75, 3.05) is 24.6 Å². The lowest BCUT2D eigenvalue weighted by molar-refractivity contribution is 0.317. The standard InChI is InChI=1S/C33H31BrN2O2/c1-2-38-31-18-22(17-30(34)33(31)37)21-35-25-19-28-26(23-9-5-3-6-10-23)13-15-36-16-14-27(29(20-25)32(28)36)24-11-7-4-8-12-24/h3-12,17-21,26-27,37H,2,13-16H2,1H3. The Morgan fingerprint density at radius 2 is 1.47 bits per heavy atom. The van der Waals surface area contributed by atoms with E-state index in [1.807, 2.05) is 25.3 Å². The van der Waals surface area contributed by atoms with Crippen molar-refractivity contribution < 1.29 is 9.84 Å². The fraction of sp³-hybridized carbons (Fsp3) is 0.242. The SMILES string of the molecule is CCOc1cc(C=Nc2cc3c4c(c2)C(c2ccccc2)CCN4CCC3c2ccccc2)cc(Br)c1O. The Kier molecular flexibility index (Phi) is 6.94. The Hall–Kier alpha value is -3.57. The second kappa shape index (κ2) is 10.7. The van der Waals surface area contributed by atoms with E-state index >= 15 is 0 Å². The van der Waals surface area contributed by atoms with Gasteiger partial charge in [-0.2, -0.15) is 0 Å². The van der Waals surface area contributed by atoms with Crippen LogP contribution in [0.15, 0.2) is 94.4 Å². The fourth-order valence-electron chi connectivity index (χ4n) is 6.00. The number of nitrogens with zero attached hydrogens (tertiary/aromatic N) is 2. The van der Waals surface area contributed by atoms with Crippen LogP contribution in [-0.2, 0) is 0 Å². The van der Waals surface area contributed by atoms with Crippen LogP contribution in [0, 0.1) is 0 Å². The Morgan fingerprint density at radius 3 is 2.03 bits per heavy atom. The van der Waals surface area contributed by atoms with Gasteiger partial charge in [-0.1, -0.05) is 60.7 Å². The third kappa shape index (κ3) is 4.71. The zero-order valence-corrected chi connectivity index (χ0v) is 23.1. The molecule has 0 radical (unpaired) electrons. The smallest absolute Gasteiger partial charge is 0.172 e. The van der Waals surface area contributed by atoms with Crippen LogP contribution in [0.25, 0.3) is 0 Å². The largest absolute Gasteiger partial charge is 0.503 e. The lowest BCUT2D eigenvalue weighted by atomic mass is 9.76. The molecule has 0 aliphatic carbocycles. The molecule has 4 nitrogen and oxygen atoms in total. The van der Waals surface area contributed by atoms with Gasteiger partial charge in [0.1, 0.15) is 0 Å². The van der Waals surface area contributed by atoms with E-state index in [1.54, 1.807) is 0 Å². The molecule has 0 saturated heterocycles. The lowest BCUT2D eigenvalue weighted by Crippen LogP contribution is -2.37. The molecule has 0 saturated carbocycles. The minimum absolute atomic E-state index is 0.110. The number of ether oxygens (including phenoxy) is 1. The molecule has 0 bridgehead atoms. The summed E-state index contributed by atoms with van der Waals surface area (Å²) in [4.78, 5) is 7.55. The minimum Gasteiger partial charge on any atom is -0.503 e. The van der Waals surface area contributed by atoms with Gasteiger partial charge in [0, 0.05) is 36.8 Å². The zero-order valence-electron chi connectivity index (χ0n) is 21.5. The fourth-order valence-corrected chi connectivity index (χ4v) is 6.46. The van der Waals surface area contributed by atoms with Crippen LogP contribution in [-0.4, -0.2) is 31.0 Å². The topological polar surface area (TPSA) is 45.1 Å². The van der Waals surface area contributed by atoms with Crippen molar-refractivity contribution in [3.63, 3.8) is 0 Å². The molecule has 4 aromatic carbocycles. The molecule has 2 aliphatic heterocycles. The number of benzene rings is 4. The highest BCUT2D eigenvalue weighted by atomic mass is 79.9. The van der Waals surface area contributed by atoms with Crippen molar-refractivity contribution in [1.82, 2.24) is 0 Å². The van der Waals surface area contributed by atoms with E-state index in [0.717, 1.165) is 37.2 Å². The summed E-state index contributed by atoms with van der Waals surface area (Å²) in [6.07, 6.45) is 4.06. The van der Waals surface area contributed by atoms with Gasteiger partial charge in [0.15, 0.2) is 11.5 Å². The van der Waals surface area contributed by atoms with E-state index in [0.29, 0.717) is 28.7 Å². The first-order valence-electron chi connectivity index (χ1n) is 13.3. The first-order chi connectivity index (χ1) is 18.6. The van der Waals surface area contributed by atoms with Crippen LogP contribution in [0.5, 0.6) is 11.5 Å². The highest BCUT2D eigenvalue weighted by Gasteiger charge is 2.35. The molecule has 5 heteroatoms. The maximum atomic E-state index is 10.3. The predicted octanol–water partition coefficient (Wildman–Crippen LogP) is 8.18. The number of hydrogen-bond acceptors (Lipinski definition) is 4. The average Bonchev–Trinajstić information content (AvgIpc) is 2.96. The number of phenolic OH excluding ortho intramolecular Hbond substituents is 1. The Morgan fingerprint density at radius 1 is 0.895 bits per heavy atom. The van der Waals surface area contributed by atoms with Gasteiger partial charge in [-0.15, -0.1) is 0 Å². The number of aromatic hydroxyl groups is 1. The van der Waals surface area contributed by atoms with E-state index in [9.17, 15) is 5.11 Å². The molecular weight excluding hydrogens is 536 g/mol. The molecule has 1 N–H and O–H groups in total. The summed E-state index contributed by atoms with van der Waals surface area (Å²) >= 11 is 3.45. The zero-order chi connectivity index (χ0) is 26.1. The summed E-state index contributed by atoms with van der Waals surface area (Å²) in [5.74, 6) is 1.25. The highest BCUT2D eigenvalue weighted by Crippen LogP contribution is 2.50. The van der Waals surface area contributed by atoms with Crippen LogP contribution in [0.4, 0.5) is 11.4 Å². The molecule has 2 aliphatic rings. The van der Waals surface area contributed by atoms with Gasteiger partial charge in [0.25, 0.3) is 0 Å². The van der Waals surface area contributed by atoms with Crippen molar-refractivity contribution in [3.8, 4) is 11.5 Å². The quantitative estimate of drug-likeness (QED) is 0.239. The molecule has 2 unspecified atom stereocenters. The highest BCUT2D eigenvalue weighted by molar-refractivity contribution is 9.10. The van der Waals surface area contributed by atoms with E-state index in [-0.39, 0.29) is 5.75 Å². The normalized spacial score (nSPS) is 18.4. The molecule has 0 aromatic heterocycles. The molecule has 192 valence electrons. The number of phenols is 1. The first kappa shape index (κ1) is 24.7. The second-order valence-electron chi connectivity index (χ2n) is 10.0. The average molecular weight is 568 g/mol. The van der Waals surface area contributed by atoms with Crippen molar-refractivity contribution >= 4 is 33.5 Å². The Bertz CT molecular complexity index is 1400. The van der Waals surface area contributed by atoms with E-state index in [4.69, 9.17) is 9.73 Å². The summed E-state index contributed by atoms with van der Waals surface area (Å²) in [7, 11) is 0. The molecular formula is C33H31BrN2O2. The summed E-state index contributed by atoms with van der Waals surface area (Å²) in [6, 6.07) is 30.0. The number of halogens is 1. The van der Waals surface area contributed by atoms with Crippen LogP contribution < -0.4 is 9.64 Å². The number of rotatable bonds is 6. The summed E-state index contributed by atoms with van der Waals surface area (Å²) in [5, 5.41) is 10.3. The van der Waals surface area contributed by atoms with Crippen molar-refractivity contribution in [2.45, 2.75) is 31.6 Å². The molecule has 0 spiro atoms. The molecule has 38 heavy (non-hydrogen) atoms. The van der Waals surface area contributed by atoms with Gasteiger partial charge in [-0.3, -0.25) is 4.99 Å². The molecule has 0 amide bonds. The van der Waals surface area contributed by atoms with Crippen LogP contribution >= 0.6 is 15.9 Å². The first-order valence-corrected chi connectivity index (χ1v) is 14.1. The molecule has 2 heterocycles.